The van der Waals surface area contributed by atoms with Gasteiger partial charge in [0, 0.05) is 25.6 Å². The molecule has 27 heavy (non-hydrogen) atoms. The minimum absolute atomic E-state index is 0. The molecule has 0 atom stereocenters. The number of piperidine rings is 1. The van der Waals surface area contributed by atoms with Crippen molar-refractivity contribution in [2.24, 2.45) is 5.41 Å². The Bertz CT molecular complexity index is 547. The highest BCUT2D eigenvalue weighted by Gasteiger charge is 2.32. The second-order valence-corrected chi connectivity index (χ2v) is 7.01. The quantitative estimate of drug-likeness (QED) is 0.639. The van der Waals surface area contributed by atoms with Crippen LogP contribution in [-0.2, 0) is 4.74 Å². The van der Waals surface area contributed by atoms with Crippen LogP contribution in [0.3, 0.4) is 0 Å². The maximum absolute atomic E-state index is 12.7. The molecule has 2 rings (SSSR count). The molecular formula is C19H33Cl2N3O3. The maximum atomic E-state index is 12.7. The molecule has 1 aromatic carbocycles. The lowest BCUT2D eigenvalue weighted by Gasteiger charge is -2.37. The van der Waals surface area contributed by atoms with Gasteiger partial charge in [0.1, 0.15) is 12.4 Å². The molecule has 1 saturated heterocycles. The number of hydrogen-bond donors (Lipinski definition) is 2. The zero-order valence-electron chi connectivity index (χ0n) is 16.5. The first-order valence-corrected chi connectivity index (χ1v) is 8.91. The summed E-state index contributed by atoms with van der Waals surface area (Å²) in [4.78, 5) is 14.7. The number of carbonyl (C=O) groups is 1. The summed E-state index contributed by atoms with van der Waals surface area (Å²) in [5, 5.41) is 6.46. The number of nitrogens with zero attached hydrogens (tertiary/aromatic N) is 1. The SMILES string of the molecule is COCC1(CNC(=O)c2ccccc2OCCN(C)C)CCNCC1.Cl.Cl. The highest BCUT2D eigenvalue weighted by molar-refractivity contribution is 5.96. The molecular weight excluding hydrogens is 389 g/mol. The Morgan fingerprint density at radius 3 is 2.52 bits per heavy atom. The van der Waals surface area contributed by atoms with E-state index in [4.69, 9.17) is 9.47 Å². The van der Waals surface area contributed by atoms with Crippen LogP contribution < -0.4 is 15.4 Å². The molecule has 156 valence electrons. The molecule has 6 nitrogen and oxygen atoms in total. The van der Waals surface area contributed by atoms with Crippen LogP contribution in [0.15, 0.2) is 24.3 Å². The van der Waals surface area contributed by atoms with Crippen molar-refractivity contribution in [2.75, 3.05) is 60.6 Å². The minimum Gasteiger partial charge on any atom is -0.491 e. The van der Waals surface area contributed by atoms with Gasteiger partial charge in [0.05, 0.1) is 12.2 Å². The van der Waals surface area contributed by atoms with Crippen LogP contribution in [0, 0.1) is 5.41 Å². The predicted octanol–water partition coefficient (Wildman–Crippen LogP) is 2.22. The summed E-state index contributed by atoms with van der Waals surface area (Å²) in [6, 6.07) is 7.41. The van der Waals surface area contributed by atoms with E-state index in [0.717, 1.165) is 32.5 Å². The Labute approximate surface area is 175 Å². The lowest BCUT2D eigenvalue weighted by molar-refractivity contribution is 0.0511. The average molecular weight is 422 g/mol. The van der Waals surface area contributed by atoms with Crippen molar-refractivity contribution >= 4 is 30.7 Å². The molecule has 1 heterocycles. The zero-order valence-corrected chi connectivity index (χ0v) is 18.1. The standard InChI is InChI=1S/C19H31N3O3.2ClH/c1-22(2)12-13-25-17-7-5-4-6-16(17)18(23)21-14-19(15-24-3)8-10-20-11-9-19;;/h4-7,20H,8-15H2,1-3H3,(H,21,23);2*1H. The number of amides is 1. The van der Waals surface area contributed by atoms with Gasteiger partial charge in [-0.15, -0.1) is 24.8 Å². The van der Waals surface area contributed by atoms with Crippen molar-refractivity contribution in [2.45, 2.75) is 12.8 Å². The third-order valence-corrected chi connectivity index (χ3v) is 4.67. The smallest absolute Gasteiger partial charge is 0.255 e. The normalized spacial score (nSPS) is 15.4. The van der Waals surface area contributed by atoms with E-state index >= 15 is 0 Å². The fraction of sp³-hybridized carbons (Fsp3) is 0.632. The lowest BCUT2D eigenvalue weighted by atomic mass is 9.79. The van der Waals surface area contributed by atoms with E-state index in [1.54, 1.807) is 7.11 Å². The fourth-order valence-electron chi connectivity index (χ4n) is 3.12. The summed E-state index contributed by atoms with van der Waals surface area (Å²) in [6.07, 6.45) is 2.00. The van der Waals surface area contributed by atoms with E-state index in [0.29, 0.717) is 31.1 Å². The molecule has 2 N–H and O–H groups in total. The van der Waals surface area contributed by atoms with Crippen LogP contribution in [0.2, 0.25) is 0 Å². The molecule has 0 bridgehead atoms. The maximum Gasteiger partial charge on any atom is 0.255 e. The van der Waals surface area contributed by atoms with Gasteiger partial charge in [0.2, 0.25) is 0 Å². The molecule has 0 radical (unpaired) electrons. The molecule has 0 unspecified atom stereocenters. The highest BCUT2D eigenvalue weighted by atomic mass is 35.5. The largest absolute Gasteiger partial charge is 0.491 e. The topological polar surface area (TPSA) is 62.8 Å². The zero-order chi connectivity index (χ0) is 18.1. The lowest BCUT2D eigenvalue weighted by Crippen LogP contribution is -2.47. The van der Waals surface area contributed by atoms with Crippen molar-refractivity contribution in [3.63, 3.8) is 0 Å². The number of nitrogens with one attached hydrogen (secondary N) is 2. The Kier molecular flexibility index (Phi) is 12.7. The van der Waals surface area contributed by atoms with Crippen LogP contribution in [-0.4, -0.2) is 71.4 Å². The van der Waals surface area contributed by atoms with Gasteiger partial charge in [-0.2, -0.15) is 0 Å². The van der Waals surface area contributed by atoms with Crippen molar-refractivity contribution in [1.29, 1.82) is 0 Å². The molecule has 0 spiro atoms. The number of hydrogen-bond acceptors (Lipinski definition) is 5. The number of para-hydroxylation sites is 1. The number of likely N-dealkylation sites (N-methyl/N-ethyl adjacent to an activating group) is 1. The number of halogens is 2. The van der Waals surface area contributed by atoms with E-state index in [2.05, 4.69) is 10.6 Å². The second kappa shape index (κ2) is 13.2. The highest BCUT2D eigenvalue weighted by Crippen LogP contribution is 2.28. The molecule has 8 heteroatoms. The predicted molar refractivity (Wildman–Crippen MR) is 114 cm³/mol. The molecule has 1 aliphatic rings. The third kappa shape index (κ3) is 8.23. The van der Waals surface area contributed by atoms with Gasteiger partial charge in [-0.25, -0.2) is 0 Å². The van der Waals surface area contributed by atoms with Gasteiger partial charge >= 0.3 is 0 Å². The molecule has 0 aromatic heterocycles. The molecule has 0 aliphatic carbocycles. The summed E-state index contributed by atoms with van der Waals surface area (Å²) in [7, 11) is 5.71. The number of ether oxygens (including phenoxy) is 2. The Morgan fingerprint density at radius 1 is 1.22 bits per heavy atom. The molecule has 1 aliphatic heterocycles. The van der Waals surface area contributed by atoms with Gasteiger partial charge in [-0.1, -0.05) is 12.1 Å². The summed E-state index contributed by atoms with van der Waals surface area (Å²) in [5.74, 6) is 0.544. The summed E-state index contributed by atoms with van der Waals surface area (Å²) in [5.41, 5.74) is 0.596. The number of rotatable bonds is 9. The van der Waals surface area contributed by atoms with Gasteiger partial charge in [0.25, 0.3) is 5.91 Å². The van der Waals surface area contributed by atoms with E-state index in [1.807, 2.05) is 43.3 Å². The van der Waals surface area contributed by atoms with Gasteiger partial charge in [-0.3, -0.25) is 4.79 Å². The van der Waals surface area contributed by atoms with Crippen LogP contribution in [0.1, 0.15) is 23.2 Å². The van der Waals surface area contributed by atoms with E-state index in [9.17, 15) is 4.79 Å². The Balaban J connectivity index is 0.00000338. The molecule has 1 aromatic rings. The monoisotopic (exact) mass is 421 g/mol. The van der Waals surface area contributed by atoms with Gasteiger partial charge in [-0.05, 0) is 52.2 Å². The average Bonchev–Trinajstić information content (AvgIpc) is 2.61. The molecule has 1 fully saturated rings. The number of benzene rings is 1. The van der Waals surface area contributed by atoms with E-state index in [1.165, 1.54) is 0 Å². The van der Waals surface area contributed by atoms with E-state index in [-0.39, 0.29) is 36.1 Å². The first-order valence-electron chi connectivity index (χ1n) is 8.91. The van der Waals surface area contributed by atoms with Crippen molar-refractivity contribution in [3.8, 4) is 5.75 Å². The van der Waals surface area contributed by atoms with E-state index < -0.39 is 0 Å². The van der Waals surface area contributed by atoms with Gasteiger partial charge < -0.3 is 25.0 Å². The van der Waals surface area contributed by atoms with Crippen LogP contribution in [0.4, 0.5) is 0 Å². The third-order valence-electron chi connectivity index (χ3n) is 4.67. The second-order valence-electron chi connectivity index (χ2n) is 7.01. The van der Waals surface area contributed by atoms with Crippen molar-refractivity contribution < 1.29 is 14.3 Å². The van der Waals surface area contributed by atoms with Crippen LogP contribution in [0.5, 0.6) is 5.75 Å². The Morgan fingerprint density at radius 2 is 1.89 bits per heavy atom. The minimum atomic E-state index is -0.0885. The first-order chi connectivity index (χ1) is 12.1. The number of carbonyl (C=O) groups excluding carboxylic acids is 1. The first kappa shape index (κ1) is 26.0. The summed E-state index contributed by atoms with van der Waals surface area (Å²) >= 11 is 0. The van der Waals surface area contributed by atoms with Crippen LogP contribution >= 0.6 is 24.8 Å². The van der Waals surface area contributed by atoms with Crippen LogP contribution in [0.25, 0.3) is 0 Å². The molecule has 1 amide bonds. The van der Waals surface area contributed by atoms with Crippen molar-refractivity contribution in [3.05, 3.63) is 29.8 Å². The molecule has 0 saturated carbocycles. The van der Waals surface area contributed by atoms with Crippen molar-refractivity contribution in [1.82, 2.24) is 15.5 Å². The Hall–Kier alpha value is -1.05. The summed E-state index contributed by atoms with van der Waals surface area (Å²) in [6.45, 7) is 4.56. The summed E-state index contributed by atoms with van der Waals surface area (Å²) < 4.78 is 11.2. The van der Waals surface area contributed by atoms with Gasteiger partial charge in [0.15, 0.2) is 0 Å². The number of methoxy groups -OCH3 is 1. The fourth-order valence-corrected chi connectivity index (χ4v) is 3.12.